The molecular formula is C23H27N3O. The second-order valence-corrected chi connectivity index (χ2v) is 7.41. The normalized spacial score (nSPS) is 17.3. The van der Waals surface area contributed by atoms with Crippen molar-refractivity contribution in [3.05, 3.63) is 71.3 Å². The molecule has 2 aromatic carbocycles. The fourth-order valence-electron chi connectivity index (χ4n) is 3.86. The lowest BCUT2D eigenvalue weighted by molar-refractivity contribution is 0.0693. The van der Waals surface area contributed by atoms with Gasteiger partial charge in [0.1, 0.15) is 0 Å². The second kappa shape index (κ2) is 9.34. The Balaban J connectivity index is 1.77. The van der Waals surface area contributed by atoms with Gasteiger partial charge in [-0.25, -0.2) is 0 Å². The molecule has 3 rings (SSSR count). The molecule has 0 bridgehead atoms. The van der Waals surface area contributed by atoms with Crippen LogP contribution in [-0.4, -0.2) is 48.9 Å². The van der Waals surface area contributed by atoms with Gasteiger partial charge in [0.05, 0.1) is 17.2 Å². The first-order chi connectivity index (χ1) is 13.2. The molecular weight excluding hydrogens is 334 g/mol. The largest absolute Gasteiger partial charge is 0.338 e. The zero-order chi connectivity index (χ0) is 19.1. The molecule has 0 aromatic heterocycles. The first-order valence-electron chi connectivity index (χ1n) is 9.68. The zero-order valence-electron chi connectivity index (χ0n) is 16.0. The van der Waals surface area contributed by atoms with E-state index in [-0.39, 0.29) is 5.91 Å². The van der Waals surface area contributed by atoms with Gasteiger partial charge in [0, 0.05) is 19.6 Å². The number of nitrogens with zero attached hydrogens (tertiary/aromatic N) is 3. The van der Waals surface area contributed by atoms with E-state index in [1.165, 1.54) is 12.0 Å². The number of carbonyl (C=O) groups excluding carboxylic acids is 1. The maximum Gasteiger partial charge on any atom is 0.255 e. The summed E-state index contributed by atoms with van der Waals surface area (Å²) in [5.41, 5.74) is 2.19. The smallest absolute Gasteiger partial charge is 0.255 e. The van der Waals surface area contributed by atoms with Crippen molar-refractivity contribution >= 4 is 5.91 Å². The number of hydrogen-bond acceptors (Lipinski definition) is 3. The summed E-state index contributed by atoms with van der Waals surface area (Å²) >= 11 is 0. The third kappa shape index (κ3) is 5.18. The highest BCUT2D eigenvalue weighted by molar-refractivity contribution is 5.96. The van der Waals surface area contributed by atoms with Crippen molar-refractivity contribution in [2.75, 3.05) is 33.2 Å². The molecule has 0 radical (unpaired) electrons. The molecule has 140 valence electrons. The number of likely N-dealkylation sites (tertiary alicyclic amines) is 1. The number of rotatable bonds is 6. The highest BCUT2D eigenvalue weighted by Crippen LogP contribution is 2.19. The lowest BCUT2D eigenvalue weighted by Gasteiger charge is -2.34. The Bertz CT molecular complexity index is 797. The Morgan fingerprint density at radius 1 is 1.19 bits per heavy atom. The van der Waals surface area contributed by atoms with E-state index in [4.69, 9.17) is 0 Å². The molecule has 0 aliphatic carbocycles. The predicted octanol–water partition coefficient (Wildman–Crippen LogP) is 3.58. The molecule has 1 aliphatic rings. The monoisotopic (exact) mass is 361 g/mol. The van der Waals surface area contributed by atoms with Crippen LogP contribution in [0.15, 0.2) is 54.6 Å². The van der Waals surface area contributed by atoms with Crippen LogP contribution in [0.3, 0.4) is 0 Å². The average Bonchev–Trinajstić information content (AvgIpc) is 2.71. The van der Waals surface area contributed by atoms with Crippen LogP contribution in [0, 0.1) is 17.2 Å². The van der Waals surface area contributed by atoms with Crippen LogP contribution in [-0.2, 0) is 6.42 Å². The van der Waals surface area contributed by atoms with Gasteiger partial charge in [0.25, 0.3) is 5.91 Å². The number of piperidine rings is 1. The lowest BCUT2D eigenvalue weighted by atomic mass is 9.97. The molecule has 0 saturated carbocycles. The molecule has 0 N–H and O–H groups in total. The highest BCUT2D eigenvalue weighted by Gasteiger charge is 2.24. The van der Waals surface area contributed by atoms with E-state index in [2.05, 4.69) is 30.1 Å². The number of nitriles is 1. The Labute approximate surface area is 162 Å². The van der Waals surface area contributed by atoms with Crippen LogP contribution in [0.4, 0.5) is 0 Å². The highest BCUT2D eigenvalue weighted by atomic mass is 16.2. The van der Waals surface area contributed by atoms with Crippen molar-refractivity contribution in [1.29, 1.82) is 5.26 Å². The van der Waals surface area contributed by atoms with Gasteiger partial charge in [-0.1, -0.05) is 42.5 Å². The predicted molar refractivity (Wildman–Crippen MR) is 107 cm³/mol. The molecule has 4 nitrogen and oxygen atoms in total. The minimum absolute atomic E-state index is 0.0312. The van der Waals surface area contributed by atoms with Gasteiger partial charge in [-0.2, -0.15) is 5.26 Å². The molecule has 0 unspecified atom stereocenters. The molecule has 27 heavy (non-hydrogen) atoms. The van der Waals surface area contributed by atoms with Gasteiger partial charge < -0.3 is 9.80 Å². The Hall–Kier alpha value is -2.64. The first kappa shape index (κ1) is 19.1. The summed E-state index contributed by atoms with van der Waals surface area (Å²) in [5.74, 6) is 0.453. The summed E-state index contributed by atoms with van der Waals surface area (Å²) in [6.07, 6.45) is 3.15. The fourth-order valence-corrected chi connectivity index (χ4v) is 3.86. The van der Waals surface area contributed by atoms with E-state index in [9.17, 15) is 10.1 Å². The summed E-state index contributed by atoms with van der Waals surface area (Å²) in [6, 6.07) is 19.5. The number of amides is 1. The van der Waals surface area contributed by atoms with Crippen molar-refractivity contribution in [3.8, 4) is 6.07 Å². The lowest BCUT2D eigenvalue weighted by Crippen LogP contribution is -2.42. The van der Waals surface area contributed by atoms with Crippen LogP contribution in [0.2, 0.25) is 0 Å². The number of benzene rings is 2. The van der Waals surface area contributed by atoms with Crippen LogP contribution >= 0.6 is 0 Å². The maximum atomic E-state index is 13.3. The summed E-state index contributed by atoms with van der Waals surface area (Å²) in [7, 11) is 2.15. The minimum atomic E-state index is -0.0312. The van der Waals surface area contributed by atoms with Gasteiger partial charge in [0.15, 0.2) is 0 Å². The molecule has 2 aromatic rings. The second-order valence-electron chi connectivity index (χ2n) is 7.41. The van der Waals surface area contributed by atoms with E-state index >= 15 is 0 Å². The Morgan fingerprint density at radius 2 is 1.93 bits per heavy atom. The van der Waals surface area contributed by atoms with E-state index in [0.717, 1.165) is 32.5 Å². The van der Waals surface area contributed by atoms with Gasteiger partial charge >= 0.3 is 0 Å². The van der Waals surface area contributed by atoms with Crippen LogP contribution in [0.1, 0.15) is 34.3 Å². The molecule has 4 heteroatoms. The quantitative estimate of drug-likeness (QED) is 0.790. The molecule has 1 aliphatic heterocycles. The van der Waals surface area contributed by atoms with Crippen molar-refractivity contribution in [2.45, 2.75) is 19.3 Å². The summed E-state index contributed by atoms with van der Waals surface area (Å²) in [4.78, 5) is 17.6. The van der Waals surface area contributed by atoms with Crippen molar-refractivity contribution < 1.29 is 4.79 Å². The molecule has 1 heterocycles. The Kier molecular flexibility index (Phi) is 6.62. The average molecular weight is 361 g/mol. The summed E-state index contributed by atoms with van der Waals surface area (Å²) in [6.45, 7) is 3.57. The maximum absolute atomic E-state index is 13.3. The minimum Gasteiger partial charge on any atom is -0.338 e. The summed E-state index contributed by atoms with van der Waals surface area (Å²) < 4.78 is 0. The van der Waals surface area contributed by atoms with Crippen LogP contribution in [0.25, 0.3) is 0 Å². The van der Waals surface area contributed by atoms with E-state index < -0.39 is 0 Å². The van der Waals surface area contributed by atoms with Gasteiger partial charge in [-0.05, 0) is 56.5 Å². The zero-order valence-corrected chi connectivity index (χ0v) is 16.0. The van der Waals surface area contributed by atoms with Gasteiger partial charge in [-0.15, -0.1) is 0 Å². The van der Waals surface area contributed by atoms with Crippen molar-refractivity contribution in [1.82, 2.24) is 9.80 Å². The molecule has 0 spiro atoms. The number of carbonyl (C=O) groups is 1. The van der Waals surface area contributed by atoms with E-state index in [1.54, 1.807) is 18.2 Å². The topological polar surface area (TPSA) is 47.3 Å². The van der Waals surface area contributed by atoms with Crippen molar-refractivity contribution in [3.63, 3.8) is 0 Å². The van der Waals surface area contributed by atoms with E-state index in [1.807, 2.05) is 29.2 Å². The van der Waals surface area contributed by atoms with Crippen LogP contribution < -0.4 is 0 Å². The third-order valence-electron chi connectivity index (χ3n) is 5.28. The Morgan fingerprint density at radius 3 is 2.67 bits per heavy atom. The van der Waals surface area contributed by atoms with Gasteiger partial charge in [-0.3, -0.25) is 4.79 Å². The van der Waals surface area contributed by atoms with Crippen molar-refractivity contribution in [2.24, 2.45) is 5.92 Å². The summed E-state index contributed by atoms with van der Waals surface area (Å²) in [5, 5.41) is 9.39. The number of hydrogen-bond donors (Lipinski definition) is 0. The fraction of sp³-hybridized carbons (Fsp3) is 0.391. The SMILES string of the molecule is CN1CCC[C@H](CN(CCc2ccccc2)C(=O)c2ccccc2C#N)C1. The molecule has 1 saturated heterocycles. The standard InChI is InChI=1S/C23H27N3O/c1-25-14-7-10-20(17-25)18-26(15-13-19-8-3-2-4-9-19)23(27)22-12-6-5-11-21(22)16-24/h2-6,8-9,11-12,20H,7,10,13-15,17-18H2,1H3/t20-/m0/s1. The molecule has 1 amide bonds. The first-order valence-corrected chi connectivity index (χ1v) is 9.68. The molecule has 1 atom stereocenters. The third-order valence-corrected chi connectivity index (χ3v) is 5.28. The van der Waals surface area contributed by atoms with Gasteiger partial charge in [0.2, 0.25) is 0 Å². The van der Waals surface area contributed by atoms with Crippen LogP contribution in [0.5, 0.6) is 0 Å². The van der Waals surface area contributed by atoms with E-state index in [0.29, 0.717) is 23.6 Å². The molecule has 1 fully saturated rings.